The topological polar surface area (TPSA) is 52.2 Å². The third-order valence-corrected chi connectivity index (χ3v) is 6.77. The molecule has 6 nitrogen and oxygen atoms in total. The molecule has 0 aliphatic carbocycles. The molecule has 2 aromatic rings. The van der Waals surface area contributed by atoms with Crippen molar-refractivity contribution in [1.29, 1.82) is 0 Å². The summed E-state index contributed by atoms with van der Waals surface area (Å²) in [6.45, 7) is 7.46. The van der Waals surface area contributed by atoms with E-state index in [1.807, 2.05) is 12.1 Å². The van der Waals surface area contributed by atoms with E-state index in [-0.39, 0.29) is 12.2 Å². The van der Waals surface area contributed by atoms with Gasteiger partial charge in [0.25, 0.3) is 0 Å². The van der Waals surface area contributed by atoms with Crippen LogP contribution in [0, 0.1) is 0 Å². The first-order valence-corrected chi connectivity index (χ1v) is 12.2. The lowest BCUT2D eigenvalue weighted by atomic mass is 9.87. The first kappa shape index (κ1) is 23.9. The molecular formula is C27H38N2O4. The molecule has 0 spiro atoms. The fourth-order valence-corrected chi connectivity index (χ4v) is 4.95. The van der Waals surface area contributed by atoms with E-state index in [0.29, 0.717) is 5.92 Å². The van der Waals surface area contributed by atoms with Crippen LogP contribution in [-0.2, 0) is 9.47 Å². The Bertz CT molecular complexity index is 873. The molecule has 0 radical (unpaired) electrons. The number of fused-ring (bicyclic) bond motifs is 1. The van der Waals surface area contributed by atoms with Crippen LogP contribution in [0.3, 0.4) is 0 Å². The van der Waals surface area contributed by atoms with Gasteiger partial charge < -0.3 is 29.2 Å². The zero-order valence-corrected chi connectivity index (χ0v) is 20.2. The van der Waals surface area contributed by atoms with E-state index in [2.05, 4.69) is 47.5 Å². The number of nitrogens with zero attached hydrogens (tertiary/aromatic N) is 1. The smallest absolute Gasteiger partial charge is 0.142 e. The Morgan fingerprint density at radius 1 is 1.15 bits per heavy atom. The first-order valence-electron chi connectivity index (χ1n) is 12.2. The molecule has 2 aromatic carbocycles. The van der Waals surface area contributed by atoms with Crippen molar-refractivity contribution in [2.75, 3.05) is 58.5 Å². The predicted octanol–water partition coefficient (Wildman–Crippen LogP) is 4.54. The van der Waals surface area contributed by atoms with Crippen molar-refractivity contribution in [2.24, 2.45) is 0 Å². The summed E-state index contributed by atoms with van der Waals surface area (Å²) < 4.78 is 23.3. The first-order chi connectivity index (χ1) is 16.2. The monoisotopic (exact) mass is 454 g/mol. The Labute approximate surface area is 198 Å². The number of methoxy groups -OCH3 is 2. The summed E-state index contributed by atoms with van der Waals surface area (Å²) in [6, 6.07) is 15.0. The SMILES string of the molecule is CC[C@@H](O[C@H]1CNCC[C@@H]1c1ccc(OC)cc1)c1ccc2c(c1)N(CCCOC)CCO2. The molecule has 3 atom stereocenters. The standard InChI is InChI=1S/C27H38N2O4/c1-4-25(21-8-11-26-24(18-21)29(15-17-32-26)14-5-16-30-2)33-27-19-28-13-12-23(27)20-6-9-22(31-3)10-7-20/h6-11,18,23,25,27-28H,4-5,12-17,19H2,1-3H3/t23-,25-,27+/m1/s1. The van der Waals surface area contributed by atoms with E-state index in [0.717, 1.165) is 70.2 Å². The summed E-state index contributed by atoms with van der Waals surface area (Å²) in [6.07, 6.45) is 3.17. The van der Waals surface area contributed by atoms with Gasteiger partial charge in [0.2, 0.25) is 0 Å². The fourth-order valence-electron chi connectivity index (χ4n) is 4.95. The van der Waals surface area contributed by atoms with Crippen LogP contribution >= 0.6 is 0 Å². The average Bonchev–Trinajstić information content (AvgIpc) is 2.87. The van der Waals surface area contributed by atoms with Gasteiger partial charge in [-0.3, -0.25) is 0 Å². The second-order valence-electron chi connectivity index (χ2n) is 8.85. The highest BCUT2D eigenvalue weighted by atomic mass is 16.5. The molecule has 0 saturated carbocycles. The van der Waals surface area contributed by atoms with E-state index < -0.39 is 0 Å². The largest absolute Gasteiger partial charge is 0.497 e. The van der Waals surface area contributed by atoms with Gasteiger partial charge in [0.15, 0.2) is 0 Å². The lowest BCUT2D eigenvalue weighted by molar-refractivity contribution is -0.0376. The number of anilines is 1. The van der Waals surface area contributed by atoms with Crippen LogP contribution in [0.2, 0.25) is 0 Å². The van der Waals surface area contributed by atoms with E-state index in [9.17, 15) is 0 Å². The summed E-state index contributed by atoms with van der Waals surface area (Å²) in [4.78, 5) is 2.41. The van der Waals surface area contributed by atoms with Crippen LogP contribution < -0.4 is 19.7 Å². The van der Waals surface area contributed by atoms with E-state index in [4.69, 9.17) is 18.9 Å². The average molecular weight is 455 g/mol. The van der Waals surface area contributed by atoms with Crippen LogP contribution in [0.5, 0.6) is 11.5 Å². The molecular weight excluding hydrogens is 416 g/mol. The maximum atomic E-state index is 6.80. The summed E-state index contributed by atoms with van der Waals surface area (Å²) in [5.74, 6) is 2.23. The molecule has 0 bridgehead atoms. The molecule has 0 amide bonds. The molecule has 180 valence electrons. The highest BCUT2D eigenvalue weighted by molar-refractivity contribution is 5.61. The van der Waals surface area contributed by atoms with Gasteiger partial charge >= 0.3 is 0 Å². The van der Waals surface area contributed by atoms with Gasteiger partial charge in [-0.05, 0) is 61.2 Å². The van der Waals surface area contributed by atoms with Gasteiger partial charge in [-0.1, -0.05) is 25.1 Å². The maximum absolute atomic E-state index is 6.80. The summed E-state index contributed by atoms with van der Waals surface area (Å²) in [5.41, 5.74) is 3.71. The molecule has 1 saturated heterocycles. The van der Waals surface area contributed by atoms with Crippen LogP contribution in [-0.4, -0.2) is 59.7 Å². The third kappa shape index (κ3) is 5.81. The van der Waals surface area contributed by atoms with Gasteiger partial charge in [0.05, 0.1) is 31.5 Å². The van der Waals surface area contributed by atoms with Crippen LogP contribution in [0.4, 0.5) is 5.69 Å². The van der Waals surface area contributed by atoms with Crippen molar-refractivity contribution >= 4 is 5.69 Å². The zero-order valence-electron chi connectivity index (χ0n) is 20.2. The lowest BCUT2D eigenvalue weighted by Crippen LogP contribution is -2.41. The Kier molecular flexibility index (Phi) is 8.48. The number of nitrogens with one attached hydrogen (secondary N) is 1. The fraction of sp³-hybridized carbons (Fsp3) is 0.556. The van der Waals surface area contributed by atoms with Crippen molar-refractivity contribution in [3.63, 3.8) is 0 Å². The summed E-state index contributed by atoms with van der Waals surface area (Å²) >= 11 is 0. The molecule has 2 aliphatic rings. The van der Waals surface area contributed by atoms with Crippen molar-refractivity contribution in [3.05, 3.63) is 53.6 Å². The van der Waals surface area contributed by atoms with Crippen LogP contribution in [0.15, 0.2) is 42.5 Å². The Morgan fingerprint density at radius 3 is 2.76 bits per heavy atom. The van der Waals surface area contributed by atoms with Gasteiger partial charge in [0.1, 0.15) is 18.1 Å². The minimum Gasteiger partial charge on any atom is -0.497 e. The molecule has 2 aliphatic heterocycles. The van der Waals surface area contributed by atoms with Crippen LogP contribution in [0.1, 0.15) is 49.3 Å². The van der Waals surface area contributed by atoms with Gasteiger partial charge in [-0.15, -0.1) is 0 Å². The number of piperidine rings is 1. The molecule has 0 aromatic heterocycles. The Balaban J connectivity index is 1.51. The number of hydrogen-bond acceptors (Lipinski definition) is 6. The van der Waals surface area contributed by atoms with Gasteiger partial charge in [-0.25, -0.2) is 0 Å². The van der Waals surface area contributed by atoms with Gasteiger partial charge in [-0.2, -0.15) is 0 Å². The molecule has 4 rings (SSSR count). The highest BCUT2D eigenvalue weighted by Gasteiger charge is 2.30. The number of ether oxygens (including phenoxy) is 4. The lowest BCUT2D eigenvalue weighted by Gasteiger charge is -2.36. The number of hydrogen-bond donors (Lipinski definition) is 1. The van der Waals surface area contributed by atoms with Gasteiger partial charge in [0, 0.05) is 32.7 Å². The second kappa shape index (κ2) is 11.7. The normalized spacial score (nSPS) is 21.2. The van der Waals surface area contributed by atoms with Crippen LogP contribution in [0.25, 0.3) is 0 Å². The molecule has 1 fully saturated rings. The maximum Gasteiger partial charge on any atom is 0.142 e. The van der Waals surface area contributed by atoms with E-state index in [1.165, 1.54) is 16.8 Å². The number of benzene rings is 2. The second-order valence-corrected chi connectivity index (χ2v) is 8.85. The zero-order chi connectivity index (χ0) is 23.0. The van der Waals surface area contributed by atoms with Crippen molar-refractivity contribution in [2.45, 2.75) is 44.3 Å². The minimum absolute atomic E-state index is 0.0451. The predicted molar refractivity (Wildman–Crippen MR) is 132 cm³/mol. The third-order valence-electron chi connectivity index (χ3n) is 6.77. The van der Waals surface area contributed by atoms with Crippen molar-refractivity contribution in [3.8, 4) is 11.5 Å². The summed E-state index contributed by atoms with van der Waals surface area (Å²) in [7, 11) is 3.47. The molecule has 6 heteroatoms. The molecule has 2 heterocycles. The highest BCUT2D eigenvalue weighted by Crippen LogP contribution is 2.38. The van der Waals surface area contributed by atoms with E-state index in [1.54, 1.807) is 14.2 Å². The minimum atomic E-state index is 0.0451. The Morgan fingerprint density at radius 2 is 2.00 bits per heavy atom. The summed E-state index contributed by atoms with van der Waals surface area (Å²) in [5, 5.41) is 3.53. The molecule has 1 N–H and O–H groups in total. The molecule has 33 heavy (non-hydrogen) atoms. The molecule has 0 unspecified atom stereocenters. The Hall–Kier alpha value is -2.28. The van der Waals surface area contributed by atoms with E-state index >= 15 is 0 Å². The number of rotatable bonds is 10. The van der Waals surface area contributed by atoms with Crippen molar-refractivity contribution in [1.82, 2.24) is 5.32 Å². The van der Waals surface area contributed by atoms with Crippen molar-refractivity contribution < 1.29 is 18.9 Å². The quantitative estimate of drug-likeness (QED) is 0.532.